The Balaban J connectivity index is 1.51. The Morgan fingerprint density at radius 2 is 1.67 bits per heavy atom. The van der Waals surface area contributed by atoms with Crippen LogP contribution in [0.1, 0.15) is 49.8 Å². The summed E-state index contributed by atoms with van der Waals surface area (Å²) in [5.41, 5.74) is 1.02. The van der Waals surface area contributed by atoms with Crippen molar-refractivity contribution in [1.29, 1.82) is 0 Å². The lowest BCUT2D eigenvalue weighted by Crippen LogP contribution is -2.54. The molecule has 2 N–H and O–H groups in total. The van der Waals surface area contributed by atoms with Crippen LogP contribution in [0.4, 0.5) is 4.79 Å². The first-order valence-corrected chi connectivity index (χ1v) is 10.5. The molecular formula is C24H27N3O3. The second-order valence-electron chi connectivity index (χ2n) is 8.26. The van der Waals surface area contributed by atoms with Crippen molar-refractivity contribution >= 4 is 17.8 Å². The lowest BCUT2D eigenvalue weighted by atomic mass is 9.73. The molecule has 0 unspecified atom stereocenters. The molecule has 0 radical (unpaired) electrons. The van der Waals surface area contributed by atoms with E-state index in [1.54, 1.807) is 0 Å². The minimum absolute atomic E-state index is 0.0668. The first-order chi connectivity index (χ1) is 14.5. The van der Waals surface area contributed by atoms with Crippen molar-refractivity contribution < 1.29 is 14.4 Å². The molecule has 1 spiro atoms. The number of urea groups is 1. The van der Waals surface area contributed by atoms with E-state index in [0.29, 0.717) is 6.42 Å². The van der Waals surface area contributed by atoms with Crippen LogP contribution in [-0.2, 0) is 9.59 Å². The van der Waals surface area contributed by atoms with Crippen molar-refractivity contribution in [2.75, 3.05) is 6.54 Å². The maximum absolute atomic E-state index is 13.1. The topological polar surface area (TPSA) is 78.5 Å². The van der Waals surface area contributed by atoms with Gasteiger partial charge in [-0.1, -0.05) is 80.4 Å². The Morgan fingerprint density at radius 1 is 1.07 bits per heavy atom. The van der Waals surface area contributed by atoms with E-state index in [1.807, 2.05) is 67.6 Å². The van der Waals surface area contributed by atoms with Crippen LogP contribution in [0.5, 0.6) is 0 Å². The van der Waals surface area contributed by atoms with Crippen molar-refractivity contribution in [3.8, 4) is 0 Å². The van der Waals surface area contributed by atoms with Gasteiger partial charge in [0.25, 0.3) is 5.91 Å². The van der Waals surface area contributed by atoms with Gasteiger partial charge in [-0.25, -0.2) is 4.79 Å². The number of hydrogen-bond donors (Lipinski definition) is 2. The fourth-order valence-corrected chi connectivity index (χ4v) is 4.64. The lowest BCUT2D eigenvalue weighted by molar-refractivity contribution is -0.137. The van der Waals surface area contributed by atoms with Gasteiger partial charge < -0.3 is 10.6 Å². The van der Waals surface area contributed by atoms with E-state index in [0.717, 1.165) is 35.3 Å². The SMILES string of the molecule is C[C@H]1CCCC[C@@]12NC(=O)N(CC(=O)NC(c1ccccc1)c1ccccc1)C2=O. The molecule has 30 heavy (non-hydrogen) atoms. The minimum Gasteiger partial charge on any atom is -0.344 e. The number of nitrogens with zero attached hydrogens (tertiary/aromatic N) is 1. The fraction of sp³-hybridized carbons (Fsp3) is 0.375. The number of hydrogen-bond acceptors (Lipinski definition) is 3. The molecule has 1 heterocycles. The van der Waals surface area contributed by atoms with E-state index in [4.69, 9.17) is 0 Å². The molecule has 0 bridgehead atoms. The summed E-state index contributed by atoms with van der Waals surface area (Å²) in [6, 6.07) is 18.5. The predicted molar refractivity (Wildman–Crippen MR) is 113 cm³/mol. The highest BCUT2D eigenvalue weighted by Crippen LogP contribution is 2.38. The van der Waals surface area contributed by atoms with Crippen LogP contribution in [0, 0.1) is 5.92 Å². The Hall–Kier alpha value is -3.15. The van der Waals surface area contributed by atoms with Gasteiger partial charge in [0.1, 0.15) is 12.1 Å². The number of benzene rings is 2. The van der Waals surface area contributed by atoms with Gasteiger partial charge in [0.15, 0.2) is 0 Å². The van der Waals surface area contributed by atoms with Crippen molar-refractivity contribution in [2.45, 2.75) is 44.2 Å². The van der Waals surface area contributed by atoms with E-state index < -0.39 is 11.6 Å². The molecule has 1 saturated carbocycles. The molecule has 1 aliphatic heterocycles. The van der Waals surface area contributed by atoms with Crippen LogP contribution >= 0.6 is 0 Å². The molecule has 4 amide bonds. The summed E-state index contributed by atoms with van der Waals surface area (Å²) in [7, 11) is 0. The van der Waals surface area contributed by atoms with E-state index >= 15 is 0 Å². The van der Waals surface area contributed by atoms with Crippen LogP contribution < -0.4 is 10.6 Å². The van der Waals surface area contributed by atoms with E-state index in [1.165, 1.54) is 0 Å². The largest absolute Gasteiger partial charge is 0.344 e. The molecule has 2 aromatic rings. The standard InChI is InChI=1S/C24H27N3O3/c1-17-10-8-9-15-24(17)22(29)27(23(30)26-24)16-20(28)25-21(18-11-4-2-5-12-18)19-13-6-3-7-14-19/h2-7,11-14,17,21H,8-10,15-16H2,1H3,(H,25,28)(H,26,30)/t17-,24+/m0/s1. The summed E-state index contributed by atoms with van der Waals surface area (Å²) in [6.45, 7) is 1.72. The van der Waals surface area contributed by atoms with Crippen molar-refractivity contribution in [3.63, 3.8) is 0 Å². The van der Waals surface area contributed by atoms with E-state index in [9.17, 15) is 14.4 Å². The van der Waals surface area contributed by atoms with Gasteiger partial charge in [0.2, 0.25) is 5.91 Å². The smallest absolute Gasteiger partial charge is 0.325 e. The zero-order valence-electron chi connectivity index (χ0n) is 17.1. The highest BCUT2D eigenvalue weighted by atomic mass is 16.2. The summed E-state index contributed by atoms with van der Waals surface area (Å²) >= 11 is 0. The molecule has 2 aromatic carbocycles. The average molecular weight is 405 g/mol. The molecule has 6 nitrogen and oxygen atoms in total. The summed E-state index contributed by atoms with van der Waals surface area (Å²) in [6.07, 6.45) is 3.49. The molecule has 156 valence electrons. The second-order valence-corrected chi connectivity index (χ2v) is 8.26. The summed E-state index contributed by atoms with van der Waals surface area (Å²) in [5, 5.41) is 5.91. The van der Waals surface area contributed by atoms with Crippen molar-refractivity contribution in [3.05, 3.63) is 71.8 Å². The monoisotopic (exact) mass is 405 g/mol. The van der Waals surface area contributed by atoms with Gasteiger partial charge in [-0.2, -0.15) is 0 Å². The Labute approximate surface area is 176 Å². The molecule has 2 atom stereocenters. The van der Waals surface area contributed by atoms with Crippen molar-refractivity contribution in [2.24, 2.45) is 5.92 Å². The maximum Gasteiger partial charge on any atom is 0.325 e. The van der Waals surface area contributed by atoms with Gasteiger partial charge in [0, 0.05) is 0 Å². The third kappa shape index (κ3) is 3.70. The molecule has 2 aliphatic rings. The van der Waals surface area contributed by atoms with Gasteiger partial charge in [-0.05, 0) is 29.9 Å². The van der Waals surface area contributed by atoms with Crippen LogP contribution in [0.25, 0.3) is 0 Å². The Bertz CT molecular complexity index is 892. The van der Waals surface area contributed by atoms with Crippen molar-refractivity contribution in [1.82, 2.24) is 15.5 Å². The first-order valence-electron chi connectivity index (χ1n) is 10.5. The predicted octanol–water partition coefficient (Wildman–Crippen LogP) is 3.39. The van der Waals surface area contributed by atoms with Gasteiger partial charge in [-0.3, -0.25) is 14.5 Å². The summed E-state index contributed by atoms with van der Waals surface area (Å²) < 4.78 is 0. The van der Waals surface area contributed by atoms with Crippen LogP contribution in [-0.4, -0.2) is 34.8 Å². The first kappa shape index (κ1) is 20.1. The third-order valence-corrected chi connectivity index (χ3v) is 6.37. The van der Waals surface area contributed by atoms with Gasteiger partial charge >= 0.3 is 6.03 Å². The molecule has 2 fully saturated rings. The quantitative estimate of drug-likeness (QED) is 0.749. The summed E-state index contributed by atoms with van der Waals surface area (Å²) in [5.74, 6) is -0.570. The minimum atomic E-state index is -0.853. The molecule has 4 rings (SSSR count). The number of amides is 4. The molecular weight excluding hydrogens is 378 g/mol. The highest BCUT2D eigenvalue weighted by molar-refractivity contribution is 6.09. The molecule has 0 aromatic heterocycles. The average Bonchev–Trinajstić information content (AvgIpc) is 3.00. The molecule has 6 heteroatoms. The number of imide groups is 1. The zero-order chi connectivity index (χ0) is 21.1. The number of rotatable bonds is 5. The van der Waals surface area contributed by atoms with Gasteiger partial charge in [-0.15, -0.1) is 0 Å². The fourth-order valence-electron chi connectivity index (χ4n) is 4.64. The normalized spacial score (nSPS) is 23.7. The molecule has 1 saturated heterocycles. The maximum atomic E-state index is 13.1. The zero-order valence-corrected chi connectivity index (χ0v) is 17.1. The number of nitrogens with one attached hydrogen (secondary N) is 2. The third-order valence-electron chi connectivity index (χ3n) is 6.37. The van der Waals surface area contributed by atoms with E-state index in [-0.39, 0.29) is 30.3 Å². The number of carbonyl (C=O) groups is 3. The second kappa shape index (κ2) is 8.30. The Morgan fingerprint density at radius 3 is 2.23 bits per heavy atom. The van der Waals surface area contributed by atoms with Gasteiger partial charge in [0.05, 0.1) is 6.04 Å². The molecule has 1 aliphatic carbocycles. The van der Waals surface area contributed by atoms with E-state index in [2.05, 4.69) is 10.6 Å². The highest BCUT2D eigenvalue weighted by Gasteiger charge is 2.55. The van der Waals surface area contributed by atoms with Crippen LogP contribution in [0.3, 0.4) is 0 Å². The van der Waals surface area contributed by atoms with Crippen LogP contribution in [0.2, 0.25) is 0 Å². The number of carbonyl (C=O) groups excluding carboxylic acids is 3. The summed E-state index contributed by atoms with van der Waals surface area (Å²) in [4.78, 5) is 39.7. The van der Waals surface area contributed by atoms with Crippen LogP contribution in [0.15, 0.2) is 60.7 Å². The Kier molecular flexibility index (Phi) is 5.57. The lowest BCUT2D eigenvalue weighted by Gasteiger charge is -2.36.